The van der Waals surface area contributed by atoms with Crippen molar-refractivity contribution in [3.05, 3.63) is 39.6 Å². The van der Waals surface area contributed by atoms with Gasteiger partial charge in [0.05, 0.1) is 11.4 Å². The van der Waals surface area contributed by atoms with Gasteiger partial charge in [-0.2, -0.15) is 0 Å². The van der Waals surface area contributed by atoms with Gasteiger partial charge in [0.25, 0.3) is 0 Å². The van der Waals surface area contributed by atoms with Crippen LogP contribution < -0.4 is 5.32 Å². The summed E-state index contributed by atoms with van der Waals surface area (Å²) in [5, 5.41) is 12.8. The number of carbonyl (C=O) groups is 1. The van der Waals surface area contributed by atoms with Gasteiger partial charge in [0, 0.05) is 9.90 Å². The van der Waals surface area contributed by atoms with Gasteiger partial charge in [-0.05, 0) is 31.0 Å². The van der Waals surface area contributed by atoms with Crippen LogP contribution in [0.4, 0.5) is 15.2 Å². The van der Waals surface area contributed by atoms with E-state index in [4.69, 9.17) is 16.7 Å². The molecule has 1 aromatic carbocycles. The molecule has 1 atom stereocenters. The van der Waals surface area contributed by atoms with Gasteiger partial charge >= 0.3 is 5.97 Å². The maximum Gasteiger partial charge on any atom is 0.312 e. The van der Waals surface area contributed by atoms with E-state index in [2.05, 4.69) is 10.3 Å². The highest BCUT2D eigenvalue weighted by Crippen LogP contribution is 2.39. The fourth-order valence-electron chi connectivity index (χ4n) is 2.23. The van der Waals surface area contributed by atoms with Gasteiger partial charge in [-0.15, -0.1) is 11.3 Å². The van der Waals surface area contributed by atoms with E-state index in [9.17, 15) is 9.18 Å². The maximum atomic E-state index is 13.7. The van der Waals surface area contributed by atoms with Crippen LogP contribution in [0.15, 0.2) is 18.2 Å². The third-order valence-corrected chi connectivity index (χ3v) is 4.47. The van der Waals surface area contributed by atoms with E-state index in [1.165, 1.54) is 23.5 Å². The molecule has 0 saturated carbocycles. The van der Waals surface area contributed by atoms with Crippen LogP contribution in [-0.2, 0) is 11.2 Å². The predicted molar refractivity (Wildman–Crippen MR) is 75.5 cm³/mol. The highest BCUT2D eigenvalue weighted by molar-refractivity contribution is 7.15. The number of aromatic nitrogens is 1. The van der Waals surface area contributed by atoms with E-state index in [0.29, 0.717) is 28.7 Å². The first-order chi connectivity index (χ1) is 9.54. The summed E-state index contributed by atoms with van der Waals surface area (Å²) in [7, 11) is 0. The SMILES string of the molecule is O=C(O)C1CCc2sc(Nc3ccc(Cl)cc3F)nc21. The minimum atomic E-state index is -0.863. The average molecular weight is 313 g/mol. The number of anilines is 2. The van der Waals surface area contributed by atoms with Gasteiger partial charge in [0.1, 0.15) is 11.7 Å². The molecule has 2 aromatic rings. The Morgan fingerprint density at radius 2 is 2.35 bits per heavy atom. The molecule has 2 N–H and O–H groups in total. The zero-order valence-corrected chi connectivity index (χ0v) is 11.8. The van der Waals surface area contributed by atoms with Crippen LogP contribution in [0.3, 0.4) is 0 Å². The van der Waals surface area contributed by atoms with Crippen LogP contribution in [0.25, 0.3) is 0 Å². The highest BCUT2D eigenvalue weighted by atomic mass is 35.5. The Bertz CT molecular complexity index is 689. The van der Waals surface area contributed by atoms with Crippen LogP contribution >= 0.6 is 22.9 Å². The van der Waals surface area contributed by atoms with Gasteiger partial charge in [0.2, 0.25) is 0 Å². The van der Waals surface area contributed by atoms with Crippen molar-refractivity contribution < 1.29 is 14.3 Å². The Hall–Kier alpha value is -1.66. The van der Waals surface area contributed by atoms with Gasteiger partial charge in [-0.1, -0.05) is 11.6 Å². The Morgan fingerprint density at radius 3 is 3.05 bits per heavy atom. The molecular formula is C13H10ClFN2O2S. The van der Waals surface area contributed by atoms with Gasteiger partial charge in [0.15, 0.2) is 5.13 Å². The predicted octanol–water partition coefficient (Wildman–Crippen LogP) is 3.79. The van der Waals surface area contributed by atoms with Crippen molar-refractivity contribution in [2.45, 2.75) is 18.8 Å². The second kappa shape index (κ2) is 5.03. The van der Waals surface area contributed by atoms with Crippen molar-refractivity contribution in [3.8, 4) is 0 Å². The maximum absolute atomic E-state index is 13.7. The topological polar surface area (TPSA) is 62.2 Å². The Morgan fingerprint density at radius 1 is 1.55 bits per heavy atom. The summed E-state index contributed by atoms with van der Waals surface area (Å²) in [6, 6.07) is 4.32. The number of carboxylic acid groups (broad SMARTS) is 1. The summed E-state index contributed by atoms with van der Waals surface area (Å²) in [5.41, 5.74) is 0.869. The number of hydrogen-bond donors (Lipinski definition) is 2. The average Bonchev–Trinajstić information content (AvgIpc) is 2.91. The van der Waals surface area contributed by atoms with Crippen LogP contribution in [0.5, 0.6) is 0 Å². The second-order valence-corrected chi connectivity index (χ2v) is 6.03. The number of thiazole rings is 1. The molecule has 4 nitrogen and oxygen atoms in total. The van der Waals surface area contributed by atoms with E-state index in [1.807, 2.05) is 0 Å². The first-order valence-electron chi connectivity index (χ1n) is 5.99. The first kappa shape index (κ1) is 13.3. The molecule has 1 aliphatic carbocycles. The molecule has 1 aromatic heterocycles. The third kappa shape index (κ3) is 2.36. The Labute approximate surface area is 123 Å². The number of aliphatic carboxylic acids is 1. The zero-order chi connectivity index (χ0) is 14.3. The van der Waals surface area contributed by atoms with E-state index in [-0.39, 0.29) is 5.69 Å². The monoisotopic (exact) mass is 312 g/mol. The minimum absolute atomic E-state index is 0.272. The van der Waals surface area contributed by atoms with Gasteiger partial charge in [-0.25, -0.2) is 9.37 Å². The Kier molecular flexibility index (Phi) is 3.35. The number of hydrogen-bond acceptors (Lipinski definition) is 4. The lowest BCUT2D eigenvalue weighted by Crippen LogP contribution is -2.08. The number of aryl methyl sites for hydroxylation is 1. The van der Waals surface area contributed by atoms with E-state index >= 15 is 0 Å². The molecule has 20 heavy (non-hydrogen) atoms. The van der Waals surface area contributed by atoms with Crippen molar-refractivity contribution in [1.82, 2.24) is 4.98 Å². The standard InChI is InChI=1S/C13H10ClFN2O2S/c14-6-1-3-9(8(15)5-6)16-13-17-11-7(12(18)19)2-4-10(11)20-13/h1,3,5,7H,2,4H2,(H,16,17)(H,18,19). The van der Waals surface area contributed by atoms with Crippen molar-refractivity contribution >= 4 is 39.7 Å². The summed E-state index contributed by atoms with van der Waals surface area (Å²) < 4.78 is 13.7. The molecule has 1 unspecified atom stereocenters. The summed E-state index contributed by atoms with van der Waals surface area (Å²) in [5.74, 6) is -1.88. The quantitative estimate of drug-likeness (QED) is 0.905. The number of rotatable bonds is 3. The number of benzene rings is 1. The third-order valence-electron chi connectivity index (χ3n) is 3.19. The molecule has 1 aliphatic rings. The molecule has 0 saturated heterocycles. The number of nitrogens with one attached hydrogen (secondary N) is 1. The van der Waals surface area contributed by atoms with E-state index in [1.54, 1.807) is 6.07 Å². The van der Waals surface area contributed by atoms with Crippen molar-refractivity contribution in [2.75, 3.05) is 5.32 Å². The van der Waals surface area contributed by atoms with Gasteiger partial charge in [-0.3, -0.25) is 4.79 Å². The summed E-state index contributed by atoms with van der Waals surface area (Å²) >= 11 is 7.05. The largest absolute Gasteiger partial charge is 0.481 e. The van der Waals surface area contributed by atoms with Crippen LogP contribution in [0.1, 0.15) is 22.9 Å². The molecular weight excluding hydrogens is 303 g/mol. The number of nitrogens with zero attached hydrogens (tertiary/aromatic N) is 1. The van der Waals surface area contributed by atoms with E-state index in [0.717, 1.165) is 4.88 Å². The lowest BCUT2D eigenvalue weighted by molar-refractivity contribution is -0.138. The van der Waals surface area contributed by atoms with Gasteiger partial charge < -0.3 is 10.4 Å². The lowest BCUT2D eigenvalue weighted by Gasteiger charge is -2.05. The molecule has 104 valence electrons. The first-order valence-corrected chi connectivity index (χ1v) is 7.18. The van der Waals surface area contributed by atoms with Crippen molar-refractivity contribution in [2.24, 2.45) is 0 Å². The smallest absolute Gasteiger partial charge is 0.312 e. The minimum Gasteiger partial charge on any atom is -0.481 e. The fraction of sp³-hybridized carbons (Fsp3) is 0.231. The molecule has 0 radical (unpaired) electrons. The van der Waals surface area contributed by atoms with Crippen LogP contribution in [0.2, 0.25) is 5.02 Å². The zero-order valence-electron chi connectivity index (χ0n) is 10.2. The molecule has 0 amide bonds. The van der Waals surface area contributed by atoms with Crippen molar-refractivity contribution in [1.29, 1.82) is 0 Å². The van der Waals surface area contributed by atoms with E-state index < -0.39 is 17.7 Å². The molecule has 7 heteroatoms. The fourth-order valence-corrected chi connectivity index (χ4v) is 3.44. The number of carboxylic acids is 1. The normalized spacial score (nSPS) is 17.0. The number of fused-ring (bicyclic) bond motifs is 1. The number of halogens is 2. The van der Waals surface area contributed by atoms with Crippen LogP contribution in [0, 0.1) is 5.82 Å². The lowest BCUT2D eigenvalue weighted by atomic mass is 10.1. The molecule has 0 spiro atoms. The highest BCUT2D eigenvalue weighted by Gasteiger charge is 2.32. The molecule has 0 aliphatic heterocycles. The summed E-state index contributed by atoms with van der Waals surface area (Å²) in [4.78, 5) is 16.3. The summed E-state index contributed by atoms with van der Waals surface area (Å²) in [6.45, 7) is 0. The molecule has 3 rings (SSSR count). The molecule has 0 bridgehead atoms. The second-order valence-electron chi connectivity index (χ2n) is 4.51. The Balaban J connectivity index is 1.86. The molecule has 0 fully saturated rings. The summed E-state index contributed by atoms with van der Waals surface area (Å²) in [6.07, 6.45) is 1.29. The van der Waals surface area contributed by atoms with Crippen molar-refractivity contribution in [3.63, 3.8) is 0 Å². The molecule has 1 heterocycles. The van der Waals surface area contributed by atoms with Crippen LogP contribution in [-0.4, -0.2) is 16.1 Å².